The van der Waals surface area contributed by atoms with E-state index in [-0.39, 0.29) is 43.2 Å². The number of ether oxygens (including phenoxy) is 2. The van der Waals surface area contributed by atoms with Crippen LogP contribution in [0.4, 0.5) is 5.13 Å². The number of methoxy groups -OCH3 is 1. The summed E-state index contributed by atoms with van der Waals surface area (Å²) in [6, 6.07) is 5.07. The quantitative estimate of drug-likeness (QED) is 0.141. The lowest BCUT2D eigenvalue weighted by Gasteiger charge is -2.38. The normalized spacial score (nSPS) is 25.3. The van der Waals surface area contributed by atoms with Crippen LogP contribution in [0, 0.1) is 11.3 Å². The average Bonchev–Trinajstić information content (AvgIpc) is 3.49. The summed E-state index contributed by atoms with van der Waals surface area (Å²) in [5.74, 6) is -1.52. The number of nitrogens with one attached hydrogen (secondary N) is 4. The van der Waals surface area contributed by atoms with Crippen LogP contribution >= 0.6 is 11.3 Å². The van der Waals surface area contributed by atoms with Gasteiger partial charge in [0.05, 0.1) is 24.9 Å². The van der Waals surface area contributed by atoms with E-state index in [1.807, 2.05) is 64.3 Å². The number of fused-ring (bicyclic) bond motifs is 3. The van der Waals surface area contributed by atoms with Crippen LogP contribution in [-0.2, 0) is 24.0 Å². The van der Waals surface area contributed by atoms with Crippen LogP contribution in [0.3, 0.4) is 0 Å². The first kappa shape index (κ1) is 46.0. The van der Waals surface area contributed by atoms with E-state index in [0.29, 0.717) is 72.4 Å². The molecule has 7 rings (SSSR count). The number of piperidine rings is 1. The van der Waals surface area contributed by atoms with E-state index in [1.165, 1.54) is 16.2 Å². The summed E-state index contributed by atoms with van der Waals surface area (Å²) < 4.78 is 12.3. The Hall–Kier alpha value is -5.03. The predicted octanol–water partition coefficient (Wildman–Crippen LogP) is 6.05. The van der Waals surface area contributed by atoms with Crippen LogP contribution in [0.2, 0.25) is 0 Å². The fourth-order valence-corrected chi connectivity index (χ4v) is 9.93. The van der Waals surface area contributed by atoms with Gasteiger partial charge in [-0.3, -0.25) is 24.2 Å². The van der Waals surface area contributed by atoms with Gasteiger partial charge in [0.2, 0.25) is 23.6 Å². The van der Waals surface area contributed by atoms with Crippen molar-refractivity contribution in [2.75, 3.05) is 25.5 Å². The standard InChI is InChI=1S/C46H64N8O8S/c1-27(2)47-44-50-35(26-63-44)34-22-37(31-18-17-29(61-6)20-33(31)48-34)62-30-21-36-41(57)51-46(43(59)60)24-28(46)14-10-8-7-9-11-15-32(42(58)53(36)25-30)49-39(55)23-38(45(3,4)5)52-54-19-13-12-16-40(54)56/h17-18,20,22,26-28,30,32,36,38,52H,7-16,19,21,23-25H2,1-6H3,(H,47,50)(H,49,55)(H,51,57)(H,59,60)/t28?,30-,32+,36+,38+,46-/m1/s1. The summed E-state index contributed by atoms with van der Waals surface area (Å²) in [6.07, 6.45) is 7.13. The van der Waals surface area contributed by atoms with E-state index in [9.17, 15) is 29.1 Å². The van der Waals surface area contributed by atoms with E-state index >= 15 is 0 Å². The maximum Gasteiger partial charge on any atom is 0.329 e. The highest BCUT2D eigenvalue weighted by molar-refractivity contribution is 7.14. The van der Waals surface area contributed by atoms with Crippen molar-refractivity contribution in [3.05, 3.63) is 29.6 Å². The Labute approximate surface area is 373 Å². The average molecular weight is 889 g/mol. The topological polar surface area (TPSA) is 204 Å². The number of anilines is 1. The summed E-state index contributed by atoms with van der Waals surface area (Å²) in [7, 11) is 1.58. The van der Waals surface area contributed by atoms with Crippen LogP contribution in [0.15, 0.2) is 29.6 Å². The van der Waals surface area contributed by atoms with Crippen molar-refractivity contribution in [2.24, 2.45) is 11.3 Å². The lowest BCUT2D eigenvalue weighted by Crippen LogP contribution is -2.58. The van der Waals surface area contributed by atoms with E-state index < -0.39 is 53.0 Å². The van der Waals surface area contributed by atoms with Crippen molar-refractivity contribution >= 4 is 57.0 Å². The number of carboxylic acid groups (broad SMARTS) is 1. The maximum absolute atomic E-state index is 14.9. The number of rotatable bonds is 12. The largest absolute Gasteiger partial charge is 0.497 e. The maximum atomic E-state index is 14.9. The van der Waals surface area contributed by atoms with Gasteiger partial charge in [-0.2, -0.15) is 0 Å². The van der Waals surface area contributed by atoms with Crippen molar-refractivity contribution in [3.8, 4) is 22.9 Å². The Balaban J connectivity index is 1.18. The van der Waals surface area contributed by atoms with Gasteiger partial charge in [0.1, 0.15) is 40.9 Å². The van der Waals surface area contributed by atoms with Gasteiger partial charge >= 0.3 is 5.97 Å². The molecule has 1 aliphatic carbocycles. The number of amides is 4. The third-order valence-corrected chi connectivity index (χ3v) is 13.7. The Kier molecular flexibility index (Phi) is 14.1. The SMILES string of the molecule is COc1ccc2c(O[C@@H]3C[C@H]4C(=O)N[C@]5(C(=O)O)CC5CCCCCCC[C@H](NC(=O)C[C@H](NN5CCCCC5=O)C(C)(C)C)C(=O)N4C3)cc(-c3csc(NC(C)C)n3)nc2c1. The lowest BCUT2D eigenvalue weighted by molar-refractivity contribution is -0.146. The molecule has 3 aliphatic heterocycles. The van der Waals surface area contributed by atoms with Gasteiger partial charge in [-0.25, -0.2) is 20.2 Å². The molecule has 2 aromatic heterocycles. The molecule has 63 heavy (non-hydrogen) atoms. The van der Waals surface area contributed by atoms with E-state index in [0.717, 1.165) is 43.7 Å². The molecule has 0 spiro atoms. The Morgan fingerprint density at radius 3 is 2.49 bits per heavy atom. The van der Waals surface area contributed by atoms with Crippen LogP contribution in [0.5, 0.6) is 11.5 Å². The highest BCUT2D eigenvalue weighted by Crippen LogP contribution is 2.48. The first-order valence-corrected chi connectivity index (χ1v) is 23.5. The van der Waals surface area contributed by atoms with Gasteiger partial charge < -0.3 is 35.4 Å². The number of hydrazine groups is 1. The van der Waals surface area contributed by atoms with Crippen molar-refractivity contribution in [2.45, 2.75) is 154 Å². The molecule has 5 heterocycles. The number of nitrogens with zero attached hydrogens (tertiary/aromatic N) is 4. The van der Waals surface area contributed by atoms with Crippen LogP contribution in [-0.4, -0.2) is 111 Å². The van der Waals surface area contributed by atoms with Gasteiger partial charge in [0.25, 0.3) is 0 Å². The Bertz CT molecular complexity index is 2170. The zero-order valence-corrected chi connectivity index (χ0v) is 38.3. The molecule has 0 bridgehead atoms. The summed E-state index contributed by atoms with van der Waals surface area (Å²) in [5, 5.41) is 24.7. The van der Waals surface area contributed by atoms with Gasteiger partial charge in [0.15, 0.2) is 5.13 Å². The molecule has 1 aromatic carbocycles. The van der Waals surface area contributed by atoms with Crippen molar-refractivity contribution < 1.29 is 38.6 Å². The van der Waals surface area contributed by atoms with E-state index in [4.69, 9.17) is 19.4 Å². The number of benzene rings is 1. The summed E-state index contributed by atoms with van der Waals surface area (Å²) in [5.41, 5.74) is 3.35. The minimum atomic E-state index is -1.39. The summed E-state index contributed by atoms with van der Waals surface area (Å²) in [6.45, 7) is 10.7. The van der Waals surface area contributed by atoms with E-state index in [1.54, 1.807) is 12.1 Å². The van der Waals surface area contributed by atoms with Crippen LogP contribution in [0.25, 0.3) is 22.3 Å². The second-order valence-electron chi connectivity index (χ2n) is 19.1. The van der Waals surface area contributed by atoms with Gasteiger partial charge in [-0.15, -0.1) is 11.3 Å². The first-order valence-electron chi connectivity index (χ1n) is 22.6. The summed E-state index contributed by atoms with van der Waals surface area (Å²) in [4.78, 5) is 80.1. The molecule has 6 atom stereocenters. The molecular weight excluding hydrogens is 825 g/mol. The summed E-state index contributed by atoms with van der Waals surface area (Å²) >= 11 is 1.47. The lowest BCUT2D eigenvalue weighted by atomic mass is 9.85. The van der Waals surface area contributed by atoms with Gasteiger partial charge in [-0.1, -0.05) is 52.9 Å². The molecule has 4 amide bonds. The zero-order chi connectivity index (χ0) is 45.1. The molecule has 342 valence electrons. The van der Waals surface area contributed by atoms with Gasteiger partial charge in [-0.05, 0) is 69.4 Å². The van der Waals surface area contributed by atoms with Crippen LogP contribution in [0.1, 0.15) is 118 Å². The molecule has 16 nitrogen and oxygen atoms in total. The second-order valence-corrected chi connectivity index (χ2v) is 20.0. The molecule has 1 unspecified atom stereocenters. The van der Waals surface area contributed by atoms with E-state index in [2.05, 4.69) is 21.4 Å². The number of aromatic nitrogens is 2. The smallest absolute Gasteiger partial charge is 0.329 e. The van der Waals surface area contributed by atoms with Crippen LogP contribution < -0.4 is 30.8 Å². The number of carboxylic acids is 1. The van der Waals surface area contributed by atoms with Gasteiger partial charge in [0, 0.05) is 60.8 Å². The monoisotopic (exact) mass is 888 g/mol. The molecule has 3 aromatic rings. The van der Waals surface area contributed by atoms with Crippen molar-refractivity contribution in [3.63, 3.8) is 0 Å². The number of carbonyl (C=O) groups excluding carboxylic acids is 4. The highest BCUT2D eigenvalue weighted by Gasteiger charge is 2.62. The molecule has 1 saturated carbocycles. The van der Waals surface area contributed by atoms with Crippen molar-refractivity contribution in [1.29, 1.82) is 0 Å². The molecular formula is C46H64N8O8S. The second kappa shape index (κ2) is 19.4. The number of hydrogen-bond donors (Lipinski definition) is 5. The van der Waals surface area contributed by atoms with Crippen molar-refractivity contribution in [1.82, 2.24) is 35.9 Å². The fraction of sp³-hybridized carbons (Fsp3) is 0.630. The Morgan fingerprint density at radius 2 is 1.78 bits per heavy atom. The molecule has 3 saturated heterocycles. The third kappa shape index (κ3) is 10.8. The minimum Gasteiger partial charge on any atom is -0.497 e. The number of aliphatic carboxylic acids is 1. The zero-order valence-electron chi connectivity index (χ0n) is 37.5. The fourth-order valence-electron chi connectivity index (χ4n) is 9.08. The minimum absolute atomic E-state index is 0.00263. The first-order chi connectivity index (χ1) is 30.0. The number of carbonyl (C=O) groups is 5. The predicted molar refractivity (Wildman–Crippen MR) is 240 cm³/mol. The number of thiazole rings is 1. The Morgan fingerprint density at radius 1 is 1.02 bits per heavy atom. The third-order valence-electron chi connectivity index (χ3n) is 12.9. The molecule has 0 radical (unpaired) electrons. The highest BCUT2D eigenvalue weighted by atomic mass is 32.1. The molecule has 4 fully saturated rings. The molecule has 5 N–H and O–H groups in total. The molecule has 17 heteroatoms. The number of hydrogen-bond acceptors (Lipinski definition) is 12. The molecule has 4 aliphatic rings. The number of pyridine rings is 1.